The molecule has 4 aromatic rings. The second-order valence-corrected chi connectivity index (χ2v) is 9.06. The molecule has 7 nitrogen and oxygen atoms in total. The van der Waals surface area contributed by atoms with Crippen LogP contribution in [0.1, 0.15) is 0 Å². The summed E-state index contributed by atoms with van der Waals surface area (Å²) in [7, 11) is 0. The van der Waals surface area contributed by atoms with E-state index < -0.39 is 0 Å². The third-order valence-electron chi connectivity index (χ3n) is 6.31. The molecule has 0 bridgehead atoms. The molecule has 2 aliphatic rings. The van der Waals surface area contributed by atoms with Crippen molar-refractivity contribution < 1.29 is 33.2 Å². The molecule has 2 aliphatic heterocycles. The Bertz CT molecular complexity index is 1240. The highest BCUT2D eigenvalue weighted by molar-refractivity contribution is 5.93. The minimum absolute atomic E-state index is 0.218. The first-order valence-electron chi connectivity index (χ1n) is 12.7. The monoisotopic (exact) mass is 502 g/mol. The summed E-state index contributed by atoms with van der Waals surface area (Å²) in [6, 6.07) is 24.0. The van der Waals surface area contributed by atoms with E-state index in [2.05, 4.69) is 0 Å². The van der Waals surface area contributed by atoms with E-state index >= 15 is 0 Å². The van der Waals surface area contributed by atoms with Gasteiger partial charge < -0.3 is 33.2 Å². The average molecular weight is 503 g/mol. The van der Waals surface area contributed by atoms with Gasteiger partial charge in [-0.05, 0) is 24.3 Å². The van der Waals surface area contributed by atoms with Crippen molar-refractivity contribution >= 4 is 21.5 Å². The van der Waals surface area contributed by atoms with Crippen LogP contribution in [0.4, 0.5) is 0 Å². The lowest BCUT2D eigenvalue weighted by molar-refractivity contribution is 0.0771. The van der Waals surface area contributed by atoms with Crippen LogP contribution in [0.15, 0.2) is 72.8 Å². The molecule has 0 saturated carbocycles. The van der Waals surface area contributed by atoms with Crippen molar-refractivity contribution in [3.05, 3.63) is 72.8 Å². The number of benzene rings is 4. The Hall–Kier alpha value is -3.52. The standard InChI is InChI=1S/C30H30O7/c1-7-25-23(5-3-11-29(25)36-19-21-17-34-21)27(9-1)32-15-13-31-14-16-33-28-10-2-8-26-24(28)6-4-12-30(26)37-20-22-18-35-22/h1-12,21-22H,13-20H2. The highest BCUT2D eigenvalue weighted by Gasteiger charge is 2.24. The molecule has 0 radical (unpaired) electrons. The summed E-state index contributed by atoms with van der Waals surface area (Å²) in [5.41, 5.74) is 0. The smallest absolute Gasteiger partial charge is 0.127 e. The van der Waals surface area contributed by atoms with E-state index in [0.29, 0.717) is 39.6 Å². The molecular formula is C30H30O7. The summed E-state index contributed by atoms with van der Waals surface area (Å²) >= 11 is 0. The van der Waals surface area contributed by atoms with Crippen LogP contribution in [0.2, 0.25) is 0 Å². The molecule has 0 aliphatic carbocycles. The van der Waals surface area contributed by atoms with Gasteiger partial charge in [-0.15, -0.1) is 0 Å². The number of rotatable bonds is 14. The van der Waals surface area contributed by atoms with Crippen LogP contribution in [0.25, 0.3) is 21.5 Å². The minimum atomic E-state index is 0.218. The van der Waals surface area contributed by atoms with E-state index in [1.165, 1.54) is 0 Å². The average Bonchev–Trinajstić information content (AvgIpc) is 3.86. The van der Waals surface area contributed by atoms with E-state index in [-0.39, 0.29) is 12.2 Å². The number of hydrogen-bond donors (Lipinski definition) is 0. The van der Waals surface area contributed by atoms with Crippen molar-refractivity contribution in [2.75, 3.05) is 52.9 Å². The molecule has 7 heteroatoms. The Kier molecular flexibility index (Phi) is 7.26. The van der Waals surface area contributed by atoms with Crippen molar-refractivity contribution in [2.24, 2.45) is 0 Å². The predicted molar refractivity (Wildman–Crippen MR) is 140 cm³/mol. The van der Waals surface area contributed by atoms with E-state index in [1.54, 1.807) is 0 Å². The highest BCUT2D eigenvalue weighted by atomic mass is 16.6. The van der Waals surface area contributed by atoms with Gasteiger partial charge >= 0.3 is 0 Å². The topological polar surface area (TPSA) is 71.2 Å². The molecule has 4 aromatic carbocycles. The van der Waals surface area contributed by atoms with Crippen molar-refractivity contribution in [2.45, 2.75) is 12.2 Å². The van der Waals surface area contributed by atoms with Gasteiger partial charge in [-0.25, -0.2) is 0 Å². The molecule has 2 heterocycles. The maximum Gasteiger partial charge on any atom is 0.127 e. The van der Waals surface area contributed by atoms with E-state index in [1.807, 2.05) is 72.8 Å². The van der Waals surface area contributed by atoms with E-state index in [0.717, 1.165) is 57.8 Å². The minimum Gasteiger partial charge on any atom is -0.491 e. The van der Waals surface area contributed by atoms with Gasteiger partial charge in [0.2, 0.25) is 0 Å². The Balaban J connectivity index is 0.971. The summed E-state index contributed by atoms with van der Waals surface area (Å²) in [6.45, 7) is 4.52. The van der Waals surface area contributed by atoms with Crippen LogP contribution in [0.3, 0.4) is 0 Å². The van der Waals surface area contributed by atoms with Crippen LogP contribution in [-0.4, -0.2) is 65.1 Å². The lowest BCUT2D eigenvalue weighted by Crippen LogP contribution is -2.12. The zero-order valence-electron chi connectivity index (χ0n) is 20.6. The van der Waals surface area contributed by atoms with Gasteiger partial charge in [-0.3, -0.25) is 0 Å². The van der Waals surface area contributed by atoms with Crippen molar-refractivity contribution in [1.82, 2.24) is 0 Å². The summed E-state index contributed by atoms with van der Waals surface area (Å²) in [5.74, 6) is 3.31. The molecule has 2 saturated heterocycles. The van der Waals surface area contributed by atoms with Gasteiger partial charge in [0.25, 0.3) is 0 Å². The first-order chi connectivity index (χ1) is 18.3. The predicted octanol–water partition coefficient (Wildman–Crippen LogP) is 5.02. The molecule has 0 aromatic heterocycles. The molecule has 0 spiro atoms. The second-order valence-electron chi connectivity index (χ2n) is 9.06. The van der Waals surface area contributed by atoms with E-state index in [4.69, 9.17) is 33.2 Å². The number of ether oxygens (including phenoxy) is 7. The van der Waals surface area contributed by atoms with Crippen LogP contribution in [0.5, 0.6) is 23.0 Å². The first-order valence-corrected chi connectivity index (χ1v) is 12.7. The SMILES string of the molecule is c1cc(OCC2CO2)c2cccc(OCCOCCOc3cccc4c(OCC5CO5)cccc34)c2c1. The van der Waals surface area contributed by atoms with Crippen molar-refractivity contribution in [1.29, 1.82) is 0 Å². The maximum absolute atomic E-state index is 6.02. The molecule has 0 N–H and O–H groups in total. The Labute approximate surface area is 215 Å². The molecule has 0 amide bonds. The summed E-state index contributed by atoms with van der Waals surface area (Å²) in [4.78, 5) is 0. The Morgan fingerprint density at radius 3 is 1.19 bits per heavy atom. The zero-order valence-corrected chi connectivity index (χ0v) is 20.6. The summed E-state index contributed by atoms with van der Waals surface area (Å²) in [6.07, 6.45) is 0.436. The van der Waals surface area contributed by atoms with Crippen LogP contribution in [0, 0.1) is 0 Å². The number of fused-ring (bicyclic) bond motifs is 2. The van der Waals surface area contributed by atoms with Gasteiger partial charge in [0.15, 0.2) is 0 Å². The van der Waals surface area contributed by atoms with E-state index in [9.17, 15) is 0 Å². The largest absolute Gasteiger partial charge is 0.491 e. The first kappa shape index (κ1) is 23.9. The molecule has 192 valence electrons. The number of epoxide rings is 2. The Morgan fingerprint density at radius 2 is 0.838 bits per heavy atom. The third-order valence-corrected chi connectivity index (χ3v) is 6.31. The fourth-order valence-electron chi connectivity index (χ4n) is 4.23. The Morgan fingerprint density at radius 1 is 0.486 bits per heavy atom. The molecule has 2 unspecified atom stereocenters. The summed E-state index contributed by atoms with van der Waals surface area (Å²) in [5, 5.41) is 4.09. The lowest BCUT2D eigenvalue weighted by Gasteiger charge is -2.13. The third kappa shape index (κ3) is 6.07. The van der Waals surface area contributed by atoms with Gasteiger partial charge in [-0.1, -0.05) is 48.5 Å². The number of hydrogen-bond acceptors (Lipinski definition) is 7. The normalized spacial score (nSPS) is 18.1. The van der Waals surface area contributed by atoms with Gasteiger partial charge in [-0.2, -0.15) is 0 Å². The molecule has 37 heavy (non-hydrogen) atoms. The van der Waals surface area contributed by atoms with Crippen molar-refractivity contribution in [3.63, 3.8) is 0 Å². The highest BCUT2D eigenvalue weighted by Crippen LogP contribution is 2.34. The van der Waals surface area contributed by atoms with Gasteiger partial charge in [0.05, 0.1) is 26.4 Å². The van der Waals surface area contributed by atoms with Crippen molar-refractivity contribution in [3.8, 4) is 23.0 Å². The van der Waals surface area contributed by atoms with Gasteiger partial charge in [0.1, 0.15) is 61.6 Å². The second kappa shape index (κ2) is 11.3. The molecular weight excluding hydrogens is 472 g/mol. The molecule has 2 fully saturated rings. The van der Waals surface area contributed by atoms with Crippen LogP contribution >= 0.6 is 0 Å². The lowest BCUT2D eigenvalue weighted by atomic mass is 10.1. The molecule has 2 atom stereocenters. The van der Waals surface area contributed by atoms with Crippen LogP contribution < -0.4 is 18.9 Å². The fraction of sp³-hybridized carbons (Fsp3) is 0.333. The quantitative estimate of drug-likeness (QED) is 0.177. The fourth-order valence-corrected chi connectivity index (χ4v) is 4.23. The van der Waals surface area contributed by atoms with Gasteiger partial charge in [0, 0.05) is 21.5 Å². The zero-order chi connectivity index (χ0) is 24.9. The van der Waals surface area contributed by atoms with Crippen LogP contribution in [-0.2, 0) is 14.2 Å². The summed E-state index contributed by atoms with van der Waals surface area (Å²) < 4.78 is 40.2. The maximum atomic E-state index is 6.02. The molecule has 6 rings (SSSR count).